The van der Waals surface area contributed by atoms with Gasteiger partial charge in [0.2, 0.25) is 10.0 Å². The van der Waals surface area contributed by atoms with Gasteiger partial charge in [0.05, 0.1) is 4.90 Å². The predicted molar refractivity (Wildman–Crippen MR) is 76.4 cm³/mol. The lowest BCUT2D eigenvalue weighted by Crippen LogP contribution is -2.36. The van der Waals surface area contributed by atoms with Crippen molar-refractivity contribution in [1.29, 1.82) is 0 Å². The molecule has 4 nitrogen and oxygen atoms in total. The summed E-state index contributed by atoms with van der Waals surface area (Å²) >= 11 is 0. The maximum absolute atomic E-state index is 13.5. The lowest BCUT2D eigenvalue weighted by molar-refractivity contribution is 0.412. The van der Waals surface area contributed by atoms with Crippen molar-refractivity contribution < 1.29 is 12.8 Å². The molecule has 0 radical (unpaired) electrons. The minimum atomic E-state index is -3.56. The van der Waals surface area contributed by atoms with Gasteiger partial charge in [-0.15, -0.1) is 0 Å². The zero-order valence-electron chi connectivity index (χ0n) is 11.7. The Morgan fingerprint density at radius 3 is 2.60 bits per heavy atom. The molecule has 0 heterocycles. The molecule has 1 aromatic carbocycles. The SMILES string of the molecule is CNCc1cc(S(=O)(=O)NC2CCCCC2)ccc1F. The second-order valence-electron chi connectivity index (χ2n) is 5.24. The lowest BCUT2D eigenvalue weighted by Gasteiger charge is -2.22. The minimum absolute atomic E-state index is 0.00607. The highest BCUT2D eigenvalue weighted by atomic mass is 32.2. The maximum atomic E-state index is 13.5. The standard InChI is InChI=1S/C14H21FN2O2S/c1-16-10-11-9-13(7-8-14(11)15)20(18,19)17-12-5-3-2-4-6-12/h7-9,12,16-17H,2-6,10H2,1H3. The number of hydrogen-bond donors (Lipinski definition) is 2. The molecule has 0 aromatic heterocycles. The molecule has 0 saturated heterocycles. The summed E-state index contributed by atoms with van der Waals surface area (Å²) in [6.45, 7) is 0.304. The Labute approximate surface area is 119 Å². The van der Waals surface area contributed by atoms with Crippen molar-refractivity contribution in [2.75, 3.05) is 7.05 Å². The molecule has 1 aliphatic rings. The maximum Gasteiger partial charge on any atom is 0.240 e. The third-order valence-electron chi connectivity index (χ3n) is 3.62. The lowest BCUT2D eigenvalue weighted by atomic mass is 9.96. The minimum Gasteiger partial charge on any atom is -0.316 e. The Bertz CT molecular complexity index is 554. The van der Waals surface area contributed by atoms with Gasteiger partial charge < -0.3 is 5.32 Å². The molecule has 2 N–H and O–H groups in total. The molecule has 2 rings (SSSR count). The van der Waals surface area contributed by atoms with Crippen molar-refractivity contribution in [3.05, 3.63) is 29.6 Å². The highest BCUT2D eigenvalue weighted by Crippen LogP contribution is 2.21. The molecule has 6 heteroatoms. The summed E-state index contributed by atoms with van der Waals surface area (Å²) < 4.78 is 40.9. The second-order valence-corrected chi connectivity index (χ2v) is 6.95. The van der Waals surface area contributed by atoms with E-state index >= 15 is 0 Å². The van der Waals surface area contributed by atoms with Gasteiger partial charge in [-0.25, -0.2) is 17.5 Å². The van der Waals surface area contributed by atoms with Crippen molar-refractivity contribution in [2.24, 2.45) is 0 Å². The molecule has 0 aliphatic heterocycles. The van der Waals surface area contributed by atoms with Gasteiger partial charge in [0, 0.05) is 18.2 Å². The zero-order chi connectivity index (χ0) is 14.6. The Morgan fingerprint density at radius 2 is 1.95 bits per heavy atom. The average molecular weight is 300 g/mol. The molecule has 20 heavy (non-hydrogen) atoms. The Balaban J connectivity index is 2.17. The van der Waals surface area contributed by atoms with Gasteiger partial charge in [0.25, 0.3) is 0 Å². The molecule has 0 atom stereocenters. The van der Waals surface area contributed by atoms with Gasteiger partial charge in [-0.2, -0.15) is 0 Å². The summed E-state index contributed by atoms with van der Waals surface area (Å²) in [5, 5.41) is 2.83. The van der Waals surface area contributed by atoms with Crippen LogP contribution >= 0.6 is 0 Å². The predicted octanol–water partition coefficient (Wildman–Crippen LogP) is 2.16. The van der Waals surface area contributed by atoms with E-state index in [2.05, 4.69) is 10.0 Å². The molecular formula is C14H21FN2O2S. The molecule has 1 aliphatic carbocycles. The zero-order valence-corrected chi connectivity index (χ0v) is 12.5. The Morgan fingerprint density at radius 1 is 1.25 bits per heavy atom. The van der Waals surface area contributed by atoms with Gasteiger partial charge in [-0.1, -0.05) is 19.3 Å². The van der Waals surface area contributed by atoms with Crippen LogP contribution in [0.5, 0.6) is 0 Å². The van der Waals surface area contributed by atoms with Crippen LogP contribution in [-0.2, 0) is 16.6 Å². The first-order valence-electron chi connectivity index (χ1n) is 6.98. The van der Waals surface area contributed by atoms with E-state index in [4.69, 9.17) is 0 Å². The topological polar surface area (TPSA) is 58.2 Å². The third kappa shape index (κ3) is 3.77. The largest absolute Gasteiger partial charge is 0.316 e. The molecule has 0 spiro atoms. The summed E-state index contributed by atoms with van der Waals surface area (Å²) in [6.07, 6.45) is 5.04. The van der Waals surface area contributed by atoms with E-state index in [0.717, 1.165) is 25.7 Å². The van der Waals surface area contributed by atoms with Crippen LogP contribution < -0.4 is 10.0 Å². The van der Waals surface area contributed by atoms with E-state index < -0.39 is 15.8 Å². The van der Waals surface area contributed by atoms with Crippen LogP contribution in [0, 0.1) is 5.82 Å². The summed E-state index contributed by atoms with van der Waals surface area (Å²) in [4.78, 5) is 0.134. The molecule has 0 amide bonds. The summed E-state index contributed by atoms with van der Waals surface area (Å²) in [5.41, 5.74) is 0.360. The van der Waals surface area contributed by atoms with Crippen LogP contribution in [0.25, 0.3) is 0 Å². The molecule has 0 unspecified atom stereocenters. The van der Waals surface area contributed by atoms with Gasteiger partial charge in [-0.3, -0.25) is 0 Å². The Kier molecular flexibility index (Phi) is 5.12. The van der Waals surface area contributed by atoms with Gasteiger partial charge in [-0.05, 0) is 38.1 Å². The van der Waals surface area contributed by atoms with E-state index in [9.17, 15) is 12.8 Å². The van der Waals surface area contributed by atoms with Crippen molar-refractivity contribution >= 4 is 10.0 Å². The van der Waals surface area contributed by atoms with Gasteiger partial charge in [0.1, 0.15) is 5.82 Å². The highest BCUT2D eigenvalue weighted by Gasteiger charge is 2.22. The fourth-order valence-electron chi connectivity index (χ4n) is 2.55. The van der Waals surface area contributed by atoms with Gasteiger partial charge in [0.15, 0.2) is 0 Å². The molecule has 1 saturated carbocycles. The van der Waals surface area contributed by atoms with E-state index in [-0.39, 0.29) is 10.9 Å². The van der Waals surface area contributed by atoms with Crippen molar-refractivity contribution in [2.45, 2.75) is 49.6 Å². The highest BCUT2D eigenvalue weighted by molar-refractivity contribution is 7.89. The summed E-state index contributed by atoms with van der Waals surface area (Å²) in [6, 6.07) is 3.94. The van der Waals surface area contributed by atoms with E-state index in [1.165, 1.54) is 24.6 Å². The molecule has 1 fully saturated rings. The van der Waals surface area contributed by atoms with Crippen LogP contribution in [0.2, 0.25) is 0 Å². The quantitative estimate of drug-likeness (QED) is 0.876. The fraction of sp³-hybridized carbons (Fsp3) is 0.571. The molecule has 0 bridgehead atoms. The van der Waals surface area contributed by atoms with Crippen LogP contribution in [0.3, 0.4) is 0 Å². The normalized spacial score (nSPS) is 17.3. The van der Waals surface area contributed by atoms with Crippen LogP contribution in [-0.4, -0.2) is 21.5 Å². The van der Waals surface area contributed by atoms with Crippen molar-refractivity contribution in [3.63, 3.8) is 0 Å². The fourth-order valence-corrected chi connectivity index (χ4v) is 3.91. The van der Waals surface area contributed by atoms with E-state index in [1.54, 1.807) is 7.05 Å². The number of sulfonamides is 1. The smallest absolute Gasteiger partial charge is 0.240 e. The van der Waals surface area contributed by atoms with Crippen molar-refractivity contribution in [1.82, 2.24) is 10.0 Å². The monoisotopic (exact) mass is 300 g/mol. The Hall–Kier alpha value is -0.980. The first-order chi connectivity index (χ1) is 9.53. The molecular weight excluding hydrogens is 279 g/mol. The number of nitrogens with one attached hydrogen (secondary N) is 2. The third-order valence-corrected chi connectivity index (χ3v) is 5.14. The molecule has 1 aromatic rings. The van der Waals surface area contributed by atoms with Crippen LogP contribution in [0.1, 0.15) is 37.7 Å². The van der Waals surface area contributed by atoms with E-state index in [1.807, 2.05) is 0 Å². The second kappa shape index (κ2) is 6.65. The number of rotatable bonds is 5. The summed E-state index contributed by atoms with van der Waals surface area (Å²) in [7, 11) is -1.87. The van der Waals surface area contributed by atoms with Gasteiger partial charge >= 0.3 is 0 Å². The van der Waals surface area contributed by atoms with Crippen LogP contribution in [0.4, 0.5) is 4.39 Å². The van der Waals surface area contributed by atoms with Crippen molar-refractivity contribution in [3.8, 4) is 0 Å². The first kappa shape index (κ1) is 15.4. The summed E-state index contributed by atoms with van der Waals surface area (Å²) in [5.74, 6) is -0.393. The number of hydrogen-bond acceptors (Lipinski definition) is 3. The number of halogens is 1. The van der Waals surface area contributed by atoms with Crippen LogP contribution in [0.15, 0.2) is 23.1 Å². The average Bonchev–Trinajstić information content (AvgIpc) is 2.42. The first-order valence-corrected chi connectivity index (χ1v) is 8.46. The van der Waals surface area contributed by atoms with E-state index in [0.29, 0.717) is 12.1 Å². The molecule has 112 valence electrons. The number of benzene rings is 1.